The van der Waals surface area contributed by atoms with E-state index in [1.165, 1.54) is 0 Å². The molecule has 0 aliphatic carbocycles. The van der Waals surface area contributed by atoms with Crippen molar-refractivity contribution in [3.05, 3.63) is 11.9 Å². The number of hydrogen-bond donors (Lipinski definition) is 2. The van der Waals surface area contributed by atoms with Gasteiger partial charge in [-0.15, -0.1) is 0 Å². The second kappa shape index (κ2) is 8.19. The molecule has 6 heteroatoms. The van der Waals surface area contributed by atoms with Crippen molar-refractivity contribution >= 4 is 22.4 Å². The molecule has 1 aromatic rings. The normalized spacial score (nSPS) is 14.1. The fraction of sp³-hybridized carbons (Fsp3) is 0.714. The molecule has 0 spiro atoms. The van der Waals surface area contributed by atoms with Crippen LogP contribution in [-0.2, 0) is 10.8 Å². The van der Waals surface area contributed by atoms with Crippen LogP contribution in [0, 0.1) is 0 Å². The highest BCUT2D eigenvalue weighted by Crippen LogP contribution is 2.28. The summed E-state index contributed by atoms with van der Waals surface area (Å²) < 4.78 is 11.3. The molecule has 0 fully saturated rings. The lowest BCUT2D eigenvalue weighted by molar-refractivity contribution is 0.682. The van der Waals surface area contributed by atoms with Gasteiger partial charge in [-0.25, -0.2) is 9.97 Å². The van der Waals surface area contributed by atoms with Gasteiger partial charge in [-0.05, 0) is 19.3 Å². The molecule has 1 aromatic heterocycles. The largest absolute Gasteiger partial charge is 0.370 e. The fourth-order valence-corrected chi connectivity index (χ4v) is 2.86. The molecule has 2 unspecified atom stereocenters. The number of rotatable bonds is 8. The van der Waals surface area contributed by atoms with Crippen LogP contribution < -0.4 is 10.6 Å². The second-order valence-corrected chi connectivity index (χ2v) is 6.83. The van der Waals surface area contributed by atoms with E-state index < -0.39 is 10.8 Å². The van der Waals surface area contributed by atoms with Crippen LogP contribution in [0.5, 0.6) is 0 Å². The summed E-state index contributed by atoms with van der Waals surface area (Å²) in [5, 5.41) is 6.70. The minimum absolute atomic E-state index is 0.118. The molecular weight excluding hydrogens is 272 g/mol. The number of nitrogens with one attached hydrogen (secondary N) is 2. The Hall–Kier alpha value is -1.17. The van der Waals surface area contributed by atoms with Crippen LogP contribution in [0.3, 0.4) is 0 Å². The van der Waals surface area contributed by atoms with Gasteiger partial charge in [0.25, 0.3) is 0 Å². The van der Waals surface area contributed by atoms with Crippen molar-refractivity contribution in [2.75, 3.05) is 29.2 Å². The monoisotopic (exact) mass is 298 g/mol. The first-order valence-corrected chi connectivity index (χ1v) is 8.83. The molecule has 1 heterocycles. The number of aromatic nitrogens is 2. The van der Waals surface area contributed by atoms with Crippen molar-refractivity contribution in [3.8, 4) is 0 Å². The van der Waals surface area contributed by atoms with Crippen LogP contribution in [0.1, 0.15) is 45.6 Å². The third-order valence-electron chi connectivity index (χ3n) is 2.87. The van der Waals surface area contributed by atoms with E-state index in [2.05, 4.69) is 41.4 Å². The van der Waals surface area contributed by atoms with Crippen LogP contribution >= 0.6 is 0 Å². The summed E-state index contributed by atoms with van der Waals surface area (Å²) >= 11 is 0. The summed E-state index contributed by atoms with van der Waals surface area (Å²) in [5.41, 5.74) is 1.09. The molecule has 0 aromatic carbocycles. The molecule has 0 saturated heterocycles. The van der Waals surface area contributed by atoms with E-state index in [9.17, 15) is 4.21 Å². The average Bonchev–Trinajstić information content (AvgIpc) is 2.34. The maximum Gasteiger partial charge on any atom is 0.135 e. The van der Waals surface area contributed by atoms with Gasteiger partial charge in [0.1, 0.15) is 18.0 Å². The van der Waals surface area contributed by atoms with Gasteiger partial charge >= 0.3 is 0 Å². The van der Waals surface area contributed by atoms with E-state index in [1.807, 2.05) is 6.92 Å². The van der Waals surface area contributed by atoms with Crippen LogP contribution in [0.2, 0.25) is 0 Å². The van der Waals surface area contributed by atoms with Crippen molar-refractivity contribution in [3.63, 3.8) is 0 Å². The topological polar surface area (TPSA) is 66.9 Å². The Kier molecular flexibility index (Phi) is 6.91. The van der Waals surface area contributed by atoms with E-state index in [1.54, 1.807) is 12.6 Å². The van der Waals surface area contributed by atoms with Gasteiger partial charge < -0.3 is 10.6 Å². The average molecular weight is 298 g/mol. The van der Waals surface area contributed by atoms with Gasteiger partial charge in [-0.3, -0.25) is 4.21 Å². The summed E-state index contributed by atoms with van der Waals surface area (Å²) in [4.78, 5) is 8.70. The molecule has 0 aliphatic heterocycles. The van der Waals surface area contributed by atoms with Crippen molar-refractivity contribution in [1.29, 1.82) is 0 Å². The minimum Gasteiger partial charge on any atom is -0.370 e. The highest BCUT2D eigenvalue weighted by atomic mass is 32.2. The molecule has 2 atom stereocenters. The van der Waals surface area contributed by atoms with E-state index >= 15 is 0 Å². The lowest BCUT2D eigenvalue weighted by Gasteiger charge is -2.20. The minimum atomic E-state index is -0.818. The number of hydrogen-bond acceptors (Lipinski definition) is 5. The van der Waals surface area contributed by atoms with Crippen LogP contribution in [0.15, 0.2) is 6.33 Å². The molecule has 0 saturated carbocycles. The summed E-state index contributed by atoms with van der Waals surface area (Å²) in [7, 11) is -0.818. The van der Waals surface area contributed by atoms with E-state index in [0.29, 0.717) is 11.7 Å². The standard InChI is InChI=1S/C14H26N4OS/c1-6-7-15-13-12(10(2)3)14(17-9-16-13)18-11(4)8-20(5)19/h9-11H,6-8H2,1-5H3,(H2,15,16,17,18). The molecule has 0 aliphatic rings. The molecule has 0 radical (unpaired) electrons. The highest BCUT2D eigenvalue weighted by Gasteiger charge is 2.16. The van der Waals surface area contributed by atoms with E-state index in [0.717, 1.165) is 30.2 Å². The number of nitrogens with zero attached hydrogens (tertiary/aromatic N) is 2. The van der Waals surface area contributed by atoms with Crippen molar-refractivity contribution in [2.24, 2.45) is 0 Å². The Morgan fingerprint density at radius 1 is 1.25 bits per heavy atom. The third kappa shape index (κ3) is 5.07. The zero-order valence-corrected chi connectivity index (χ0v) is 13.9. The zero-order valence-electron chi connectivity index (χ0n) is 13.1. The Labute approximate surface area is 124 Å². The SMILES string of the molecule is CCCNc1ncnc(NC(C)CS(C)=O)c1C(C)C. The van der Waals surface area contributed by atoms with E-state index in [4.69, 9.17) is 0 Å². The molecule has 20 heavy (non-hydrogen) atoms. The first kappa shape index (κ1) is 16.9. The number of anilines is 2. The molecule has 0 amide bonds. The molecule has 2 N–H and O–H groups in total. The second-order valence-electron chi connectivity index (χ2n) is 5.35. The molecule has 114 valence electrons. The van der Waals surface area contributed by atoms with Crippen LogP contribution in [-0.4, -0.2) is 38.8 Å². The van der Waals surface area contributed by atoms with E-state index in [-0.39, 0.29) is 6.04 Å². The molecule has 1 rings (SSSR count). The van der Waals surface area contributed by atoms with Crippen molar-refractivity contribution in [2.45, 2.75) is 46.1 Å². The molecular formula is C14H26N4OS. The maximum absolute atomic E-state index is 11.3. The predicted octanol–water partition coefficient (Wildman–Crippen LogP) is 2.60. The lowest BCUT2D eigenvalue weighted by Crippen LogP contribution is -2.24. The summed E-state index contributed by atoms with van der Waals surface area (Å²) in [5.74, 6) is 2.66. The van der Waals surface area contributed by atoms with Crippen molar-refractivity contribution in [1.82, 2.24) is 9.97 Å². The smallest absolute Gasteiger partial charge is 0.135 e. The van der Waals surface area contributed by atoms with Crippen LogP contribution in [0.25, 0.3) is 0 Å². The fourth-order valence-electron chi connectivity index (χ4n) is 2.07. The zero-order chi connectivity index (χ0) is 15.1. The van der Waals surface area contributed by atoms with Gasteiger partial charge in [0.05, 0.1) is 0 Å². The first-order valence-electron chi connectivity index (χ1n) is 7.11. The Morgan fingerprint density at radius 2 is 1.90 bits per heavy atom. The third-order valence-corrected chi connectivity index (χ3v) is 3.84. The van der Waals surface area contributed by atoms with Gasteiger partial charge in [0.15, 0.2) is 0 Å². The summed E-state index contributed by atoms with van der Waals surface area (Å²) in [6.45, 7) is 9.30. The Balaban J connectivity index is 2.96. The van der Waals surface area contributed by atoms with Gasteiger partial charge in [0.2, 0.25) is 0 Å². The molecule has 5 nitrogen and oxygen atoms in total. The van der Waals surface area contributed by atoms with Gasteiger partial charge in [-0.2, -0.15) is 0 Å². The Morgan fingerprint density at radius 3 is 2.45 bits per heavy atom. The van der Waals surface area contributed by atoms with Gasteiger partial charge in [0, 0.05) is 41.0 Å². The summed E-state index contributed by atoms with van der Waals surface area (Å²) in [6, 6.07) is 0.118. The quantitative estimate of drug-likeness (QED) is 0.772. The van der Waals surface area contributed by atoms with Gasteiger partial charge in [-0.1, -0.05) is 20.8 Å². The summed E-state index contributed by atoms with van der Waals surface area (Å²) in [6.07, 6.45) is 4.34. The van der Waals surface area contributed by atoms with Crippen molar-refractivity contribution < 1.29 is 4.21 Å². The van der Waals surface area contributed by atoms with Crippen LogP contribution in [0.4, 0.5) is 11.6 Å². The first-order chi connectivity index (χ1) is 9.45. The highest BCUT2D eigenvalue weighted by molar-refractivity contribution is 7.84. The maximum atomic E-state index is 11.3. The molecule has 0 bridgehead atoms. The Bertz CT molecular complexity index is 451. The predicted molar refractivity (Wildman–Crippen MR) is 86.9 cm³/mol. The lowest BCUT2D eigenvalue weighted by atomic mass is 10.0.